The number of carbonyl (C=O) groups is 1. The summed E-state index contributed by atoms with van der Waals surface area (Å²) in [6.07, 6.45) is 1.35. The van der Waals surface area contributed by atoms with Crippen molar-refractivity contribution in [2.75, 3.05) is 62.2 Å². The Morgan fingerprint density at radius 3 is 2.33 bits per heavy atom. The molecule has 2 aliphatic rings. The van der Waals surface area contributed by atoms with Gasteiger partial charge in [-0.3, -0.25) is 9.69 Å². The number of halogens is 1. The maximum atomic E-state index is 15.1. The summed E-state index contributed by atoms with van der Waals surface area (Å²) >= 11 is 0. The summed E-state index contributed by atoms with van der Waals surface area (Å²) in [7, 11) is 0. The molecule has 190 valence electrons. The molecule has 3 aromatic rings. The third-order valence-corrected chi connectivity index (χ3v) is 7.26. The van der Waals surface area contributed by atoms with Gasteiger partial charge in [-0.2, -0.15) is 0 Å². The highest BCUT2D eigenvalue weighted by atomic mass is 19.1. The summed E-state index contributed by atoms with van der Waals surface area (Å²) < 4.78 is 16.8. The monoisotopic (exact) mass is 493 g/mol. The highest BCUT2D eigenvalue weighted by molar-refractivity contribution is 5.93. The quantitative estimate of drug-likeness (QED) is 0.546. The minimum Gasteiger partial charge on any atom is -0.477 e. The molecule has 2 aromatic carbocycles. The molecule has 0 aliphatic carbocycles. The second-order valence-corrected chi connectivity index (χ2v) is 9.45. The number of hydrogen-bond donors (Lipinski definition) is 2. The van der Waals surface area contributed by atoms with Crippen LogP contribution in [-0.2, 0) is 13.1 Å². The SMILES string of the molecule is CCn1cc(C(=O)O)c(=O)c2cc(F)c(N3CCN(Cc4ccc(N5CCNCC5)cc4)CC3)cc21. The van der Waals surface area contributed by atoms with Gasteiger partial charge >= 0.3 is 5.97 Å². The highest BCUT2D eigenvalue weighted by Crippen LogP contribution is 2.27. The van der Waals surface area contributed by atoms with Crippen LogP contribution in [0.1, 0.15) is 22.8 Å². The summed E-state index contributed by atoms with van der Waals surface area (Å²) in [5.41, 5.74) is 2.54. The van der Waals surface area contributed by atoms with E-state index in [1.54, 1.807) is 10.6 Å². The van der Waals surface area contributed by atoms with Gasteiger partial charge < -0.3 is 24.8 Å². The van der Waals surface area contributed by atoms with Crippen molar-refractivity contribution in [2.45, 2.75) is 20.0 Å². The van der Waals surface area contributed by atoms with Crippen molar-refractivity contribution in [3.8, 4) is 0 Å². The zero-order valence-electron chi connectivity index (χ0n) is 20.5. The first kappa shape index (κ1) is 24.3. The molecule has 0 amide bonds. The molecule has 0 bridgehead atoms. The lowest BCUT2D eigenvalue weighted by molar-refractivity contribution is 0.0695. The number of hydrogen-bond acceptors (Lipinski definition) is 6. The fourth-order valence-corrected chi connectivity index (χ4v) is 5.20. The molecule has 9 heteroatoms. The van der Waals surface area contributed by atoms with Crippen LogP contribution in [0.25, 0.3) is 10.9 Å². The average Bonchev–Trinajstić information content (AvgIpc) is 2.90. The number of carboxylic acid groups (broad SMARTS) is 1. The first-order valence-corrected chi connectivity index (χ1v) is 12.6. The van der Waals surface area contributed by atoms with Crippen LogP contribution < -0.4 is 20.5 Å². The lowest BCUT2D eigenvalue weighted by Crippen LogP contribution is -2.46. The van der Waals surface area contributed by atoms with Gasteiger partial charge in [-0.1, -0.05) is 12.1 Å². The fourth-order valence-electron chi connectivity index (χ4n) is 5.20. The van der Waals surface area contributed by atoms with E-state index in [2.05, 4.69) is 39.4 Å². The molecule has 36 heavy (non-hydrogen) atoms. The van der Waals surface area contributed by atoms with Crippen LogP contribution in [0.4, 0.5) is 15.8 Å². The van der Waals surface area contributed by atoms with Crippen molar-refractivity contribution in [1.82, 2.24) is 14.8 Å². The van der Waals surface area contributed by atoms with Gasteiger partial charge in [0.1, 0.15) is 11.4 Å². The van der Waals surface area contributed by atoms with E-state index >= 15 is 4.39 Å². The molecule has 8 nitrogen and oxygen atoms in total. The number of nitrogens with one attached hydrogen (secondary N) is 1. The van der Waals surface area contributed by atoms with E-state index in [1.807, 2.05) is 11.8 Å². The van der Waals surface area contributed by atoms with Gasteiger partial charge in [0.2, 0.25) is 5.43 Å². The normalized spacial score (nSPS) is 17.1. The highest BCUT2D eigenvalue weighted by Gasteiger charge is 2.23. The van der Waals surface area contributed by atoms with Gasteiger partial charge in [0, 0.05) is 82.7 Å². The maximum Gasteiger partial charge on any atom is 0.341 e. The first-order valence-electron chi connectivity index (χ1n) is 12.6. The van der Waals surface area contributed by atoms with Gasteiger partial charge in [0.15, 0.2) is 0 Å². The molecular formula is C27H32FN5O3. The molecule has 0 atom stereocenters. The van der Waals surface area contributed by atoms with Gasteiger partial charge in [-0.25, -0.2) is 9.18 Å². The number of carboxylic acids is 1. The van der Waals surface area contributed by atoms with Crippen molar-refractivity contribution < 1.29 is 14.3 Å². The minimum absolute atomic E-state index is 0.0981. The van der Waals surface area contributed by atoms with Crippen LogP contribution in [0.15, 0.2) is 47.4 Å². The molecule has 2 fully saturated rings. The topological polar surface area (TPSA) is 81.0 Å². The predicted octanol–water partition coefficient (Wildman–Crippen LogP) is 2.59. The largest absolute Gasteiger partial charge is 0.477 e. The average molecular weight is 494 g/mol. The Morgan fingerprint density at radius 1 is 1.00 bits per heavy atom. The first-order chi connectivity index (χ1) is 17.4. The van der Waals surface area contributed by atoms with E-state index in [1.165, 1.54) is 23.5 Å². The summed E-state index contributed by atoms with van der Waals surface area (Å²) in [4.78, 5) is 30.9. The Hall–Kier alpha value is -3.43. The number of pyridine rings is 1. The number of piperazine rings is 2. The molecule has 0 saturated carbocycles. The minimum atomic E-state index is -1.30. The lowest BCUT2D eigenvalue weighted by atomic mass is 10.1. The summed E-state index contributed by atoms with van der Waals surface area (Å²) in [5, 5.41) is 12.8. The molecule has 0 spiro atoms. The molecule has 5 rings (SSSR count). The van der Waals surface area contributed by atoms with Crippen molar-refractivity contribution in [3.05, 3.63) is 69.8 Å². The number of fused-ring (bicyclic) bond motifs is 1. The van der Waals surface area contributed by atoms with Crippen molar-refractivity contribution in [3.63, 3.8) is 0 Å². The smallest absolute Gasteiger partial charge is 0.341 e. The van der Waals surface area contributed by atoms with Gasteiger partial charge in [0.25, 0.3) is 0 Å². The zero-order valence-corrected chi connectivity index (χ0v) is 20.5. The summed E-state index contributed by atoms with van der Waals surface area (Å²) in [6, 6.07) is 11.7. The summed E-state index contributed by atoms with van der Waals surface area (Å²) in [5.74, 6) is -1.80. The molecule has 0 radical (unpaired) electrons. The van der Waals surface area contributed by atoms with E-state index in [0.717, 1.165) is 45.8 Å². The van der Waals surface area contributed by atoms with E-state index in [-0.39, 0.29) is 10.9 Å². The van der Waals surface area contributed by atoms with Crippen LogP contribution in [0.2, 0.25) is 0 Å². The standard InChI is InChI=1S/C27H32FN5O3/c1-2-31-18-22(27(35)36)26(34)21-15-23(28)25(16-24(21)31)33-13-11-30(12-14-33)17-19-3-5-20(6-4-19)32-9-7-29-8-10-32/h3-6,15-16,18,29H,2,7-14,17H2,1H3,(H,35,36). The van der Waals surface area contributed by atoms with Crippen LogP contribution >= 0.6 is 0 Å². The van der Waals surface area contributed by atoms with Crippen LogP contribution in [-0.4, -0.2) is 72.9 Å². The van der Waals surface area contributed by atoms with Crippen molar-refractivity contribution in [1.29, 1.82) is 0 Å². The number of benzene rings is 2. The maximum absolute atomic E-state index is 15.1. The van der Waals surface area contributed by atoms with Crippen LogP contribution in [0.3, 0.4) is 0 Å². The van der Waals surface area contributed by atoms with Crippen molar-refractivity contribution >= 4 is 28.2 Å². The molecule has 1 aromatic heterocycles. The van der Waals surface area contributed by atoms with Gasteiger partial charge in [-0.05, 0) is 36.8 Å². The Bertz CT molecular complexity index is 1310. The number of aromatic nitrogens is 1. The number of aromatic carboxylic acids is 1. The lowest BCUT2D eigenvalue weighted by Gasteiger charge is -2.36. The number of rotatable bonds is 6. The third kappa shape index (κ3) is 4.81. The zero-order chi connectivity index (χ0) is 25.2. The Balaban J connectivity index is 1.28. The molecule has 2 aliphatic heterocycles. The van der Waals surface area contributed by atoms with E-state index in [4.69, 9.17) is 0 Å². The second kappa shape index (κ2) is 10.3. The number of anilines is 2. The molecule has 2 N–H and O–H groups in total. The number of nitrogens with zero attached hydrogens (tertiary/aromatic N) is 4. The molecule has 3 heterocycles. The molecular weight excluding hydrogens is 461 g/mol. The third-order valence-electron chi connectivity index (χ3n) is 7.26. The van der Waals surface area contributed by atoms with Crippen molar-refractivity contribution in [2.24, 2.45) is 0 Å². The molecule has 0 unspecified atom stereocenters. The van der Waals surface area contributed by atoms with Gasteiger partial charge in [0.05, 0.1) is 11.2 Å². The van der Waals surface area contributed by atoms with E-state index in [9.17, 15) is 14.7 Å². The number of aryl methyl sites for hydroxylation is 1. The molecule has 2 saturated heterocycles. The van der Waals surface area contributed by atoms with E-state index < -0.39 is 17.2 Å². The Morgan fingerprint density at radius 2 is 1.69 bits per heavy atom. The summed E-state index contributed by atoms with van der Waals surface area (Å²) in [6.45, 7) is 10.2. The van der Waals surface area contributed by atoms with Crippen LogP contribution in [0, 0.1) is 5.82 Å². The fraction of sp³-hybridized carbons (Fsp3) is 0.407. The Kier molecular flexibility index (Phi) is 6.93. The Labute approximate surface area is 209 Å². The van der Waals surface area contributed by atoms with Crippen LogP contribution in [0.5, 0.6) is 0 Å². The second-order valence-electron chi connectivity index (χ2n) is 9.45. The van der Waals surface area contributed by atoms with Gasteiger partial charge in [-0.15, -0.1) is 0 Å². The predicted molar refractivity (Wildman–Crippen MR) is 140 cm³/mol. The van der Waals surface area contributed by atoms with E-state index in [0.29, 0.717) is 30.8 Å².